The molecule has 11 rings (SSSR count). The zero-order chi connectivity index (χ0) is 46.4. The van der Waals surface area contributed by atoms with Crippen LogP contribution in [0, 0.1) is 5.92 Å². The molecule has 0 N–H and O–H groups in total. The van der Waals surface area contributed by atoms with E-state index < -0.39 is 0 Å². The summed E-state index contributed by atoms with van der Waals surface area (Å²) in [6.45, 7) is 30.6. The molecule has 5 aliphatic carbocycles. The van der Waals surface area contributed by atoms with Gasteiger partial charge in [-0.3, -0.25) is 0 Å². The molecule has 0 fully saturated rings. The van der Waals surface area contributed by atoms with Crippen LogP contribution >= 0.6 is 0 Å². The maximum atomic E-state index is 3.71. The van der Waals surface area contributed by atoms with Crippen LogP contribution in [-0.2, 0) is 21.7 Å². The van der Waals surface area contributed by atoms with Crippen molar-refractivity contribution in [1.29, 1.82) is 0 Å². The van der Waals surface area contributed by atoms with Gasteiger partial charge in [0.2, 0.25) is 0 Å². The first-order valence-electron chi connectivity index (χ1n) is 24.4. The molecule has 328 valence electrons. The topological polar surface area (TPSA) is 0 Å². The van der Waals surface area contributed by atoms with Crippen molar-refractivity contribution in [1.82, 2.24) is 0 Å². The molecule has 0 amide bonds. The summed E-state index contributed by atoms with van der Waals surface area (Å²) >= 11 is 0. The van der Waals surface area contributed by atoms with Gasteiger partial charge in [0.05, 0.1) is 0 Å². The maximum absolute atomic E-state index is 3.71. The minimum Gasteiger partial charge on any atom is -0.120 e. The molecule has 6 aromatic rings. The molecule has 66 heavy (non-hydrogen) atoms. The van der Waals surface area contributed by atoms with Crippen molar-refractivity contribution in [2.45, 2.75) is 118 Å². The van der Waals surface area contributed by atoms with Crippen LogP contribution in [0.4, 0.5) is 0 Å². The summed E-state index contributed by atoms with van der Waals surface area (Å²) in [4.78, 5) is 0. The number of fused-ring (bicyclic) bond motifs is 10. The van der Waals surface area contributed by atoms with E-state index in [4.69, 9.17) is 0 Å². The Bertz CT molecular complexity index is 3290. The highest BCUT2D eigenvalue weighted by Gasteiger charge is 2.41. The predicted octanol–water partition coefficient (Wildman–Crippen LogP) is 18.2. The first kappa shape index (κ1) is 42.4. The zero-order valence-electron chi connectivity index (χ0n) is 41.4. The summed E-state index contributed by atoms with van der Waals surface area (Å²) < 4.78 is 0. The van der Waals surface area contributed by atoms with E-state index >= 15 is 0 Å². The number of benzene rings is 6. The van der Waals surface area contributed by atoms with Gasteiger partial charge in [0, 0.05) is 11.8 Å². The quantitative estimate of drug-likeness (QED) is 0.155. The van der Waals surface area contributed by atoms with Gasteiger partial charge < -0.3 is 0 Å². The number of rotatable bonds is 3. The molecule has 0 saturated carbocycles. The van der Waals surface area contributed by atoms with Crippen LogP contribution in [0.1, 0.15) is 152 Å². The van der Waals surface area contributed by atoms with Crippen molar-refractivity contribution in [2.24, 2.45) is 5.92 Å². The van der Waals surface area contributed by atoms with Crippen molar-refractivity contribution in [2.75, 3.05) is 0 Å². The van der Waals surface area contributed by atoms with E-state index in [1.165, 1.54) is 128 Å². The van der Waals surface area contributed by atoms with Crippen LogP contribution in [0.15, 0.2) is 145 Å². The molecule has 0 saturated heterocycles. The summed E-state index contributed by atoms with van der Waals surface area (Å²) in [5.74, 6) is 0.501. The van der Waals surface area contributed by atoms with Crippen LogP contribution < -0.4 is 0 Å². The van der Waals surface area contributed by atoms with Gasteiger partial charge >= 0.3 is 0 Å². The fourth-order valence-electron chi connectivity index (χ4n) is 11.6. The Hall–Kier alpha value is -6.20. The van der Waals surface area contributed by atoms with Crippen molar-refractivity contribution in [3.8, 4) is 44.5 Å². The van der Waals surface area contributed by atoms with E-state index in [-0.39, 0.29) is 33.5 Å². The normalized spacial score (nSPS) is 17.9. The summed E-state index contributed by atoms with van der Waals surface area (Å²) in [5, 5.41) is 2.63. The lowest BCUT2D eigenvalue weighted by Gasteiger charge is -2.31. The molecule has 0 heteroatoms. The Kier molecular flexibility index (Phi) is 9.26. The van der Waals surface area contributed by atoms with Crippen molar-refractivity contribution < 1.29 is 0 Å². The van der Waals surface area contributed by atoms with Crippen LogP contribution in [0.5, 0.6) is 0 Å². The lowest BCUT2D eigenvalue weighted by Crippen LogP contribution is -2.17. The molecule has 0 aromatic heterocycles. The highest BCUT2D eigenvalue weighted by Crippen LogP contribution is 2.62. The van der Waals surface area contributed by atoms with E-state index in [2.05, 4.69) is 235 Å². The van der Waals surface area contributed by atoms with E-state index in [0.29, 0.717) is 0 Å². The zero-order valence-corrected chi connectivity index (χ0v) is 41.4. The Morgan fingerprint density at radius 2 is 1.11 bits per heavy atom. The van der Waals surface area contributed by atoms with Crippen molar-refractivity contribution >= 4 is 28.0 Å². The van der Waals surface area contributed by atoms with Crippen molar-refractivity contribution in [3.63, 3.8) is 0 Å². The molecule has 0 spiro atoms. The lowest BCUT2D eigenvalue weighted by atomic mass is 9.72. The Morgan fingerprint density at radius 1 is 0.515 bits per heavy atom. The number of hydrogen-bond acceptors (Lipinski definition) is 0. The van der Waals surface area contributed by atoms with Crippen LogP contribution in [-0.4, -0.2) is 0 Å². The first-order chi connectivity index (χ1) is 31.2. The predicted molar refractivity (Wildman–Crippen MR) is 285 cm³/mol. The minimum atomic E-state index is -0.0608. The van der Waals surface area contributed by atoms with Crippen LogP contribution in [0.25, 0.3) is 72.5 Å². The molecule has 6 aromatic carbocycles. The number of allylic oxidation sites excluding steroid dienone is 9. The van der Waals surface area contributed by atoms with Crippen LogP contribution in [0.3, 0.4) is 0 Å². The summed E-state index contributed by atoms with van der Waals surface area (Å²) in [6.07, 6.45) is 21.2. The van der Waals surface area contributed by atoms with Gasteiger partial charge in [-0.05, 0) is 181 Å². The molecule has 0 heterocycles. The Labute approximate surface area is 394 Å². The molecule has 5 aliphatic rings. The minimum absolute atomic E-state index is 0.0545. The summed E-state index contributed by atoms with van der Waals surface area (Å²) in [6, 6.07) is 34.0. The fourth-order valence-corrected chi connectivity index (χ4v) is 11.6. The van der Waals surface area contributed by atoms with Gasteiger partial charge in [-0.15, -0.1) is 5.73 Å². The second-order valence-corrected chi connectivity index (χ2v) is 23.8. The van der Waals surface area contributed by atoms with Crippen molar-refractivity contribution in [3.05, 3.63) is 200 Å². The molecular formula is C66H64. The molecule has 0 radical (unpaired) electrons. The SMILES string of the molecule is C/C=C/C1=CC2C=C3c4c(cccc4C2C=C1)-c1c3c(-c2cc(C(C)(C)C)cc(C(C)(C)C)c2)c2c3c4c(cc2c1-c1cc(C(C)(C)C)cc(C(C)(C)C)c1)-c1ccccc1C4=CC=C=C3. The second kappa shape index (κ2) is 14.4. The average Bonchev–Trinajstić information content (AvgIpc) is 3.64. The van der Waals surface area contributed by atoms with Gasteiger partial charge in [0.15, 0.2) is 0 Å². The summed E-state index contributed by atoms with van der Waals surface area (Å²) in [7, 11) is 0. The molecule has 0 aliphatic heterocycles. The largest absolute Gasteiger partial charge is 0.120 e. The molecule has 0 nitrogen and oxygen atoms in total. The first-order valence-corrected chi connectivity index (χ1v) is 24.4. The highest BCUT2D eigenvalue weighted by molar-refractivity contribution is 6.26. The highest BCUT2D eigenvalue weighted by atomic mass is 14.4. The maximum Gasteiger partial charge on any atom is 0.0126 e. The smallest absolute Gasteiger partial charge is 0.0126 e. The molecular weight excluding hydrogens is 793 g/mol. The molecule has 2 unspecified atom stereocenters. The van der Waals surface area contributed by atoms with Gasteiger partial charge in [-0.1, -0.05) is 198 Å². The van der Waals surface area contributed by atoms with Gasteiger partial charge in [-0.2, -0.15) is 0 Å². The molecule has 2 atom stereocenters. The number of hydrogen-bond donors (Lipinski definition) is 0. The van der Waals surface area contributed by atoms with E-state index in [1.54, 1.807) is 0 Å². The van der Waals surface area contributed by atoms with E-state index in [1.807, 2.05) is 0 Å². The third-order valence-corrected chi connectivity index (χ3v) is 15.2. The van der Waals surface area contributed by atoms with Gasteiger partial charge in [0.25, 0.3) is 0 Å². The van der Waals surface area contributed by atoms with Gasteiger partial charge in [-0.25, -0.2) is 0 Å². The van der Waals surface area contributed by atoms with E-state index in [0.717, 1.165) is 0 Å². The average molecular weight is 857 g/mol. The Morgan fingerprint density at radius 3 is 1.71 bits per heavy atom. The Balaban J connectivity index is 1.42. The van der Waals surface area contributed by atoms with E-state index in [9.17, 15) is 0 Å². The standard InChI is InChI=1S/C66H64/c1-14-20-38-27-28-46-39(29-38)34-54-59-49(46)25-19-26-52(59)61-56(40-30-42(63(2,3)4)35-43(31-40)64(5,6)7)55-37-53-48-22-16-15-21-47(48)50-23-17-18-24-51(58(50)53)60(55)57(62(54)61)41-32-44(65(8,9)10)36-45(33-41)66(11,12)13/h14-17,19-37,39,46H,1-13H3/b20-14+. The third kappa shape index (κ3) is 6.47. The fraction of sp³-hybridized carbons (Fsp3) is 0.288. The van der Waals surface area contributed by atoms with Gasteiger partial charge in [0.1, 0.15) is 0 Å². The lowest BCUT2D eigenvalue weighted by molar-refractivity contribution is 0.568. The monoisotopic (exact) mass is 857 g/mol. The third-order valence-electron chi connectivity index (χ3n) is 15.2. The molecule has 0 bridgehead atoms. The van der Waals surface area contributed by atoms with Crippen LogP contribution in [0.2, 0.25) is 0 Å². The second-order valence-electron chi connectivity index (χ2n) is 23.8. The summed E-state index contributed by atoms with van der Waals surface area (Å²) in [5.41, 5.74) is 31.6.